The van der Waals surface area contributed by atoms with E-state index in [1.54, 1.807) is 13.0 Å². The lowest BCUT2D eigenvalue weighted by Gasteiger charge is -2.15. The largest absolute Gasteiger partial charge is 0.496 e. The minimum atomic E-state index is -2.52. The van der Waals surface area contributed by atoms with Crippen LogP contribution in [0.15, 0.2) is 18.2 Å². The first-order valence-corrected chi connectivity index (χ1v) is 4.28. The average Bonchev–Trinajstić information content (AvgIpc) is 2.16. The fourth-order valence-electron chi connectivity index (χ4n) is 1.42. The Kier molecular flexibility index (Phi) is 3.41. The number of rotatable bonds is 3. The third-order valence-corrected chi connectivity index (χ3v) is 2.01. The molecule has 2 nitrogen and oxygen atoms in total. The number of ether oxygens (including phenoxy) is 1. The Morgan fingerprint density at radius 3 is 2.43 bits per heavy atom. The van der Waals surface area contributed by atoms with Crippen LogP contribution in [-0.4, -0.2) is 7.11 Å². The Morgan fingerprint density at radius 2 is 2.00 bits per heavy atom. The molecular weight excluding hydrogens is 188 g/mol. The van der Waals surface area contributed by atoms with E-state index in [2.05, 4.69) is 0 Å². The van der Waals surface area contributed by atoms with Crippen molar-refractivity contribution in [3.63, 3.8) is 0 Å². The van der Waals surface area contributed by atoms with E-state index in [4.69, 9.17) is 10.5 Å². The smallest absolute Gasteiger partial charge is 0.264 e. The fraction of sp³-hybridized carbons (Fsp3) is 0.400. The van der Waals surface area contributed by atoms with Crippen molar-refractivity contribution in [2.45, 2.75) is 19.4 Å². The van der Waals surface area contributed by atoms with E-state index in [1.165, 1.54) is 19.2 Å². The molecule has 0 aliphatic heterocycles. The molecule has 1 aromatic rings. The third kappa shape index (κ3) is 2.01. The van der Waals surface area contributed by atoms with Gasteiger partial charge in [0.1, 0.15) is 5.75 Å². The second kappa shape index (κ2) is 4.37. The Hall–Kier alpha value is -1.16. The van der Waals surface area contributed by atoms with Crippen LogP contribution in [0.2, 0.25) is 0 Å². The van der Waals surface area contributed by atoms with Gasteiger partial charge in [-0.25, -0.2) is 8.78 Å². The molecular formula is C10H13F2NO. The topological polar surface area (TPSA) is 35.2 Å². The van der Waals surface area contributed by atoms with Crippen LogP contribution in [0.25, 0.3) is 0 Å². The van der Waals surface area contributed by atoms with Gasteiger partial charge in [0.25, 0.3) is 6.43 Å². The van der Waals surface area contributed by atoms with Gasteiger partial charge < -0.3 is 10.5 Å². The van der Waals surface area contributed by atoms with Crippen LogP contribution in [0.4, 0.5) is 8.78 Å². The van der Waals surface area contributed by atoms with Crippen molar-refractivity contribution in [2.24, 2.45) is 5.73 Å². The van der Waals surface area contributed by atoms with Gasteiger partial charge in [-0.15, -0.1) is 0 Å². The van der Waals surface area contributed by atoms with Crippen molar-refractivity contribution >= 4 is 0 Å². The summed E-state index contributed by atoms with van der Waals surface area (Å²) in [6.07, 6.45) is -2.52. The van der Waals surface area contributed by atoms with Crippen LogP contribution in [0.3, 0.4) is 0 Å². The first-order chi connectivity index (χ1) is 6.57. The molecule has 1 rings (SSSR count). The molecule has 0 spiro atoms. The molecule has 4 heteroatoms. The first kappa shape index (κ1) is 10.9. The number of nitrogens with two attached hydrogens (primary N) is 1. The number of halogens is 2. The minimum Gasteiger partial charge on any atom is -0.496 e. The number of benzene rings is 1. The number of alkyl halides is 2. The van der Waals surface area contributed by atoms with Crippen molar-refractivity contribution < 1.29 is 13.5 Å². The van der Waals surface area contributed by atoms with Gasteiger partial charge >= 0.3 is 0 Å². The molecule has 0 radical (unpaired) electrons. The molecule has 1 aromatic carbocycles. The van der Waals surface area contributed by atoms with Crippen LogP contribution in [0, 0.1) is 0 Å². The highest BCUT2D eigenvalue weighted by Crippen LogP contribution is 2.33. The summed E-state index contributed by atoms with van der Waals surface area (Å²) in [4.78, 5) is 0. The summed E-state index contributed by atoms with van der Waals surface area (Å²) < 4.78 is 30.2. The van der Waals surface area contributed by atoms with Crippen LogP contribution >= 0.6 is 0 Å². The van der Waals surface area contributed by atoms with E-state index in [0.717, 1.165) is 0 Å². The maximum atomic E-state index is 12.6. The Bertz CT molecular complexity index is 313. The van der Waals surface area contributed by atoms with Crippen molar-refractivity contribution in [1.82, 2.24) is 0 Å². The second-order valence-electron chi connectivity index (χ2n) is 3.05. The predicted molar refractivity (Wildman–Crippen MR) is 50.6 cm³/mol. The lowest BCUT2D eigenvalue weighted by molar-refractivity contribution is 0.149. The Balaban J connectivity index is 3.28. The van der Waals surface area contributed by atoms with Crippen molar-refractivity contribution in [1.29, 1.82) is 0 Å². The summed E-state index contributed by atoms with van der Waals surface area (Å²) in [5.41, 5.74) is 5.94. The van der Waals surface area contributed by atoms with Gasteiger partial charge in [0, 0.05) is 17.2 Å². The Labute approximate surface area is 81.7 Å². The maximum Gasteiger partial charge on any atom is 0.264 e. The molecule has 0 bridgehead atoms. The molecule has 78 valence electrons. The molecule has 0 saturated carbocycles. The molecule has 14 heavy (non-hydrogen) atoms. The van der Waals surface area contributed by atoms with Crippen LogP contribution in [-0.2, 0) is 0 Å². The third-order valence-electron chi connectivity index (χ3n) is 2.01. The molecule has 0 aromatic heterocycles. The summed E-state index contributed by atoms with van der Waals surface area (Å²) in [5.74, 6) is 0.415. The van der Waals surface area contributed by atoms with E-state index in [-0.39, 0.29) is 5.56 Å². The van der Waals surface area contributed by atoms with E-state index in [0.29, 0.717) is 11.3 Å². The number of hydrogen-bond acceptors (Lipinski definition) is 2. The van der Waals surface area contributed by atoms with Crippen molar-refractivity contribution in [2.75, 3.05) is 7.11 Å². The maximum absolute atomic E-state index is 12.6. The zero-order valence-corrected chi connectivity index (χ0v) is 8.13. The van der Waals surface area contributed by atoms with Crippen molar-refractivity contribution in [3.05, 3.63) is 29.3 Å². The van der Waals surface area contributed by atoms with E-state index < -0.39 is 12.5 Å². The lowest BCUT2D eigenvalue weighted by atomic mass is 10.0. The normalized spacial score (nSPS) is 13.0. The highest BCUT2D eigenvalue weighted by molar-refractivity contribution is 5.42. The van der Waals surface area contributed by atoms with Gasteiger partial charge in [-0.1, -0.05) is 12.1 Å². The van der Waals surface area contributed by atoms with Gasteiger partial charge in [-0.2, -0.15) is 0 Å². The number of methoxy groups -OCH3 is 1. The van der Waals surface area contributed by atoms with E-state index in [1.807, 2.05) is 0 Å². The molecule has 0 aliphatic carbocycles. The molecule has 0 heterocycles. The summed E-state index contributed by atoms with van der Waals surface area (Å²) >= 11 is 0. The fourth-order valence-corrected chi connectivity index (χ4v) is 1.42. The van der Waals surface area contributed by atoms with Crippen LogP contribution < -0.4 is 10.5 Å². The Morgan fingerprint density at radius 1 is 1.36 bits per heavy atom. The monoisotopic (exact) mass is 201 g/mol. The first-order valence-electron chi connectivity index (χ1n) is 4.28. The van der Waals surface area contributed by atoms with Crippen LogP contribution in [0.1, 0.15) is 30.5 Å². The van der Waals surface area contributed by atoms with Gasteiger partial charge in [-0.3, -0.25) is 0 Å². The molecule has 0 amide bonds. The van der Waals surface area contributed by atoms with E-state index >= 15 is 0 Å². The predicted octanol–water partition coefficient (Wildman–Crippen LogP) is 2.65. The van der Waals surface area contributed by atoms with Crippen molar-refractivity contribution in [3.8, 4) is 5.75 Å². The molecule has 1 unspecified atom stereocenters. The number of hydrogen-bond donors (Lipinski definition) is 1. The summed E-state index contributed by atoms with van der Waals surface area (Å²) in [7, 11) is 1.44. The van der Waals surface area contributed by atoms with Gasteiger partial charge in [-0.05, 0) is 13.0 Å². The van der Waals surface area contributed by atoms with Gasteiger partial charge in [0.15, 0.2) is 0 Å². The molecule has 0 fully saturated rings. The summed E-state index contributed by atoms with van der Waals surface area (Å²) in [5, 5.41) is 0. The quantitative estimate of drug-likeness (QED) is 0.815. The van der Waals surface area contributed by atoms with Gasteiger partial charge in [0.05, 0.1) is 7.11 Å². The SMILES string of the molecule is COc1cccc(C(F)F)c1C(C)N. The standard InChI is InChI=1S/C10H13F2NO/c1-6(13)9-7(10(11)12)4-3-5-8(9)14-2/h3-6,10H,13H2,1-2H3. The van der Waals surface area contributed by atoms with E-state index in [9.17, 15) is 8.78 Å². The highest BCUT2D eigenvalue weighted by Gasteiger charge is 2.18. The highest BCUT2D eigenvalue weighted by atomic mass is 19.3. The zero-order valence-electron chi connectivity index (χ0n) is 8.13. The molecule has 2 N–H and O–H groups in total. The van der Waals surface area contributed by atoms with Crippen LogP contribution in [0.5, 0.6) is 5.75 Å². The minimum absolute atomic E-state index is 0.0562. The molecule has 0 aliphatic rings. The summed E-state index contributed by atoms with van der Waals surface area (Å²) in [6, 6.07) is 4.07. The lowest BCUT2D eigenvalue weighted by Crippen LogP contribution is -2.10. The van der Waals surface area contributed by atoms with Gasteiger partial charge in [0.2, 0.25) is 0 Å². The second-order valence-corrected chi connectivity index (χ2v) is 3.05. The molecule has 1 atom stereocenters. The summed E-state index contributed by atoms with van der Waals surface area (Å²) in [6.45, 7) is 1.66. The average molecular weight is 201 g/mol. The molecule has 0 saturated heterocycles. The zero-order chi connectivity index (χ0) is 10.7.